The van der Waals surface area contributed by atoms with Crippen LogP contribution in [0.25, 0.3) is 0 Å². The molecule has 5 atom stereocenters. The van der Waals surface area contributed by atoms with Gasteiger partial charge in [0.1, 0.15) is 0 Å². The first-order valence-electron chi connectivity index (χ1n) is 7.09. The van der Waals surface area contributed by atoms with Crippen LogP contribution in [0.15, 0.2) is 0 Å². The van der Waals surface area contributed by atoms with Crippen LogP contribution in [0.1, 0.15) is 20.8 Å². The molecular weight excluding hydrogens is 224 g/mol. The van der Waals surface area contributed by atoms with Gasteiger partial charge in [-0.1, -0.05) is 0 Å². The van der Waals surface area contributed by atoms with E-state index in [-0.39, 0.29) is 0 Å². The van der Waals surface area contributed by atoms with Crippen LogP contribution in [0, 0.1) is 5.92 Å². The van der Waals surface area contributed by atoms with E-state index in [0.29, 0.717) is 0 Å². The molecule has 0 aromatic heterocycles. The summed E-state index contributed by atoms with van der Waals surface area (Å²) in [7, 11) is 0. The average Bonchev–Trinajstić information content (AvgIpc) is 3.10. The molecule has 5 unspecified atom stereocenters. The van der Waals surface area contributed by atoms with E-state index in [0.717, 1.165) is 14.5 Å². The molecule has 10 aliphatic rings. The zero-order valence-corrected chi connectivity index (χ0v) is 10.7. The van der Waals surface area contributed by atoms with Crippen molar-refractivity contribution in [1.29, 1.82) is 0 Å². The summed E-state index contributed by atoms with van der Waals surface area (Å²) in [5.41, 5.74) is 0. The van der Waals surface area contributed by atoms with Crippen LogP contribution in [-0.4, -0.2) is 0 Å². The second-order valence-electron chi connectivity index (χ2n) is 11.3. The Kier molecular flexibility index (Phi) is 0.135. The number of hydrogen-bond donors (Lipinski definition) is 0. The van der Waals surface area contributed by atoms with Crippen LogP contribution in [0.5, 0.6) is 0 Å². The maximum absolute atomic E-state index is 2.87. The molecule has 82 valence electrons. The summed E-state index contributed by atoms with van der Waals surface area (Å²) in [6.45, 7) is 5.37. The third-order valence-corrected chi connectivity index (χ3v) is 61.4. The molecule has 0 aromatic carbocycles. The molecular formula is C14H18Fe. The van der Waals surface area contributed by atoms with Gasteiger partial charge in [0.15, 0.2) is 0 Å². The van der Waals surface area contributed by atoms with Gasteiger partial charge in [-0.2, -0.15) is 0 Å². The van der Waals surface area contributed by atoms with Crippen molar-refractivity contribution in [2.75, 3.05) is 0 Å². The molecule has 10 rings (SSSR count). The summed E-state index contributed by atoms with van der Waals surface area (Å²) in [5, 5.41) is 0. The van der Waals surface area contributed by atoms with Crippen molar-refractivity contribution in [1.82, 2.24) is 0 Å². The Bertz CT molecular complexity index is 912. The molecule has 10 aliphatic heterocycles. The molecule has 10 fully saturated rings. The van der Waals surface area contributed by atoms with E-state index in [1.807, 2.05) is 0 Å². The third-order valence-electron chi connectivity index (χ3n) is 16.6. The Morgan fingerprint density at radius 3 is 1.47 bits per heavy atom. The van der Waals surface area contributed by atoms with Gasteiger partial charge in [0.2, 0.25) is 0 Å². The van der Waals surface area contributed by atoms with Crippen molar-refractivity contribution >= 4 is 0 Å². The summed E-state index contributed by atoms with van der Waals surface area (Å²) in [4.78, 5) is 12.1. The fraction of sp³-hybridized carbons (Fsp3) is 1.00. The van der Waals surface area contributed by atoms with Crippen molar-refractivity contribution in [3.05, 3.63) is 0 Å². The molecule has 0 aromatic rings. The summed E-state index contributed by atoms with van der Waals surface area (Å²) >= 11 is 0. The zero-order chi connectivity index (χ0) is 9.51. The van der Waals surface area contributed by atoms with Crippen molar-refractivity contribution in [2.45, 2.75) is 67.9 Å². The van der Waals surface area contributed by atoms with Crippen LogP contribution in [0.2, 0.25) is 47.2 Å². The molecule has 0 bridgehead atoms. The SMILES string of the molecule is CC(C)[C]12[CH]3[CH]4[CH]5[C]1(C)[Fe]45321678[CH]2[CH]1[CH]6[CH]7[CH]28. The summed E-state index contributed by atoms with van der Waals surface area (Å²) < 4.78 is 2.24. The monoisotopic (exact) mass is 242 g/mol. The van der Waals surface area contributed by atoms with Crippen LogP contribution in [-0.2, 0) is 6.51 Å². The van der Waals surface area contributed by atoms with Gasteiger partial charge in [-0.25, -0.2) is 0 Å². The van der Waals surface area contributed by atoms with E-state index in [9.17, 15) is 0 Å². The van der Waals surface area contributed by atoms with Crippen LogP contribution >= 0.6 is 0 Å². The maximum atomic E-state index is 2.87. The van der Waals surface area contributed by atoms with Gasteiger partial charge < -0.3 is 0 Å². The normalized spacial score (nSPS) is 139. The molecule has 0 amide bonds. The van der Waals surface area contributed by atoms with Gasteiger partial charge in [0.05, 0.1) is 0 Å². The second-order valence-corrected chi connectivity index (χ2v) is 34.8. The van der Waals surface area contributed by atoms with Gasteiger partial charge in [0, 0.05) is 0 Å². The van der Waals surface area contributed by atoms with Crippen molar-refractivity contribution < 1.29 is 6.51 Å². The van der Waals surface area contributed by atoms with Crippen molar-refractivity contribution in [3.8, 4) is 0 Å². The predicted octanol–water partition coefficient (Wildman–Crippen LogP) is 4.79. The Balaban J connectivity index is 1.91. The zero-order valence-electron chi connectivity index (χ0n) is 9.55. The molecule has 1 spiro atoms. The summed E-state index contributed by atoms with van der Waals surface area (Å²) in [6.07, 6.45) is 0. The number of fused-ring (bicyclic) bond motifs is 10. The summed E-state index contributed by atoms with van der Waals surface area (Å²) in [6, 6.07) is 0. The van der Waals surface area contributed by atoms with E-state index < -0.39 is 6.51 Å². The minimum atomic E-state index is -2.76. The van der Waals surface area contributed by atoms with E-state index in [1.165, 1.54) is 38.5 Å². The molecule has 1 heteroatoms. The second kappa shape index (κ2) is 0.371. The minimum absolute atomic E-state index is 1.10. The molecule has 0 N–H and O–H groups in total. The van der Waals surface area contributed by atoms with E-state index >= 15 is 0 Å². The molecule has 0 saturated carbocycles. The van der Waals surface area contributed by atoms with E-state index in [1.54, 1.807) is 0 Å². The quantitative estimate of drug-likeness (QED) is 0.580. The Hall–Kier alpha value is 0.519. The van der Waals surface area contributed by atoms with Gasteiger partial charge in [-0.05, 0) is 0 Å². The van der Waals surface area contributed by atoms with Crippen LogP contribution in [0.3, 0.4) is 0 Å². The van der Waals surface area contributed by atoms with Gasteiger partial charge in [-0.15, -0.1) is 0 Å². The molecule has 0 radical (unpaired) electrons. The fourth-order valence-electron chi connectivity index (χ4n) is 19.7. The number of rotatable bonds is 1. The Labute approximate surface area is 80.5 Å². The first kappa shape index (κ1) is 5.44. The molecule has 10 saturated heterocycles. The molecule has 0 nitrogen and oxygen atoms in total. The van der Waals surface area contributed by atoms with Crippen LogP contribution < -0.4 is 0 Å². The summed E-state index contributed by atoms with van der Waals surface area (Å²) in [5.74, 6) is 1.10. The van der Waals surface area contributed by atoms with Gasteiger partial charge in [-0.3, -0.25) is 0 Å². The van der Waals surface area contributed by atoms with Gasteiger partial charge >= 0.3 is 80.4 Å². The molecule has 10 heterocycles. The molecule has 0 aliphatic carbocycles. The first-order valence-corrected chi connectivity index (χ1v) is 13.3. The van der Waals surface area contributed by atoms with E-state index in [4.69, 9.17) is 0 Å². The van der Waals surface area contributed by atoms with Crippen molar-refractivity contribution in [2.24, 2.45) is 5.92 Å². The Morgan fingerprint density at radius 2 is 1.40 bits per heavy atom. The van der Waals surface area contributed by atoms with Gasteiger partial charge in [0.25, 0.3) is 0 Å². The fourth-order valence-corrected chi connectivity index (χ4v) is 99.2. The average molecular weight is 242 g/mol. The standard InChI is InChI=1S/C9H13.C5H5.Fe/c1-7(2)9-6-4-5-8(9)3;1-2-4-5-3-1;/h4-7H,1-3H3;1-5H;. The number of hydrogen-bond acceptors (Lipinski definition) is 0. The first-order chi connectivity index (χ1) is 6.88. The van der Waals surface area contributed by atoms with Crippen LogP contribution in [0.4, 0.5) is 0 Å². The van der Waals surface area contributed by atoms with Crippen molar-refractivity contribution in [3.63, 3.8) is 0 Å². The van der Waals surface area contributed by atoms with E-state index in [2.05, 4.69) is 20.8 Å². The topological polar surface area (TPSA) is 0 Å². The predicted molar refractivity (Wildman–Crippen MR) is 55.9 cm³/mol. The molecule has 15 heavy (non-hydrogen) atoms. The Morgan fingerprint density at radius 1 is 0.867 bits per heavy atom. The third kappa shape index (κ3) is 0.0417.